The first-order valence-electron chi connectivity index (χ1n) is 5.49. The number of rotatable bonds is 5. The number of nitrogens with one attached hydrogen (secondary N) is 1. The molecule has 0 saturated carbocycles. The molecule has 0 atom stereocenters. The first-order chi connectivity index (χ1) is 7.07. The molecule has 3 heteroatoms. The lowest BCUT2D eigenvalue weighted by molar-refractivity contribution is 0.0690. The van der Waals surface area contributed by atoms with Gasteiger partial charge < -0.3 is 10.1 Å². The minimum Gasteiger partial charge on any atom is -0.477 e. The Morgan fingerprint density at radius 3 is 2.47 bits per heavy atom. The number of carboxylic acids is 1. The van der Waals surface area contributed by atoms with E-state index in [0.29, 0.717) is 5.69 Å². The molecule has 1 rings (SSSR count). The number of hydrogen-bond acceptors (Lipinski definition) is 1. The second-order valence-corrected chi connectivity index (χ2v) is 3.99. The van der Waals surface area contributed by atoms with Crippen LogP contribution in [0, 0.1) is 13.8 Å². The zero-order valence-corrected chi connectivity index (χ0v) is 9.68. The van der Waals surface area contributed by atoms with E-state index in [-0.39, 0.29) is 0 Å². The third-order valence-corrected chi connectivity index (χ3v) is 2.84. The Morgan fingerprint density at radius 2 is 2.00 bits per heavy atom. The van der Waals surface area contributed by atoms with Crippen LogP contribution in [0.25, 0.3) is 0 Å². The Labute approximate surface area is 90.5 Å². The molecule has 0 amide bonds. The van der Waals surface area contributed by atoms with Crippen LogP contribution in [0.2, 0.25) is 0 Å². The molecular weight excluding hydrogens is 190 g/mol. The highest BCUT2D eigenvalue weighted by molar-refractivity contribution is 5.88. The molecule has 0 saturated heterocycles. The van der Waals surface area contributed by atoms with Crippen molar-refractivity contribution in [3.05, 3.63) is 22.5 Å². The maximum Gasteiger partial charge on any atom is 0.352 e. The highest BCUT2D eigenvalue weighted by Crippen LogP contribution is 2.20. The van der Waals surface area contributed by atoms with Crippen LogP contribution in [0.3, 0.4) is 0 Å². The van der Waals surface area contributed by atoms with Gasteiger partial charge in [-0.15, -0.1) is 0 Å². The van der Waals surface area contributed by atoms with E-state index in [1.54, 1.807) is 0 Å². The number of aromatic amines is 1. The third kappa shape index (κ3) is 2.61. The molecule has 1 aromatic rings. The lowest BCUT2D eigenvalue weighted by Gasteiger charge is -2.01. The minimum atomic E-state index is -0.864. The largest absolute Gasteiger partial charge is 0.477 e. The highest BCUT2D eigenvalue weighted by atomic mass is 16.4. The molecule has 0 aromatic carbocycles. The van der Waals surface area contributed by atoms with Gasteiger partial charge in [-0.25, -0.2) is 4.79 Å². The van der Waals surface area contributed by atoms with Crippen molar-refractivity contribution in [2.45, 2.75) is 46.5 Å². The standard InChI is InChI=1S/C12H19NO2/c1-4-5-6-7-10-8(2)11(12(14)15)13-9(10)3/h13H,4-7H2,1-3H3,(H,14,15). The van der Waals surface area contributed by atoms with E-state index in [1.165, 1.54) is 18.4 Å². The van der Waals surface area contributed by atoms with Gasteiger partial charge in [-0.05, 0) is 37.8 Å². The van der Waals surface area contributed by atoms with E-state index in [4.69, 9.17) is 5.11 Å². The smallest absolute Gasteiger partial charge is 0.352 e. The van der Waals surface area contributed by atoms with Crippen molar-refractivity contribution in [3.8, 4) is 0 Å². The summed E-state index contributed by atoms with van der Waals surface area (Å²) in [5, 5.41) is 8.94. The quantitative estimate of drug-likeness (QED) is 0.732. The molecule has 0 unspecified atom stereocenters. The number of H-pyrrole nitrogens is 1. The van der Waals surface area contributed by atoms with Crippen molar-refractivity contribution in [1.82, 2.24) is 4.98 Å². The Kier molecular flexibility index (Phi) is 3.95. The molecule has 0 aliphatic carbocycles. The minimum absolute atomic E-state index is 0.346. The molecule has 0 fully saturated rings. The van der Waals surface area contributed by atoms with E-state index < -0.39 is 5.97 Å². The number of hydrogen-bond donors (Lipinski definition) is 2. The van der Waals surface area contributed by atoms with Crippen LogP contribution in [0.1, 0.15) is 53.5 Å². The number of unbranched alkanes of at least 4 members (excludes halogenated alkanes) is 2. The molecule has 84 valence electrons. The van der Waals surface area contributed by atoms with Gasteiger partial charge in [0.05, 0.1) is 0 Å². The second kappa shape index (κ2) is 5.01. The summed E-state index contributed by atoms with van der Waals surface area (Å²) in [6.45, 7) is 5.99. The lowest BCUT2D eigenvalue weighted by Crippen LogP contribution is -1.99. The van der Waals surface area contributed by atoms with Gasteiger partial charge in [-0.3, -0.25) is 0 Å². The summed E-state index contributed by atoms with van der Waals surface area (Å²) in [7, 11) is 0. The molecule has 2 N–H and O–H groups in total. The van der Waals surface area contributed by atoms with Crippen LogP contribution in [-0.2, 0) is 6.42 Å². The molecule has 15 heavy (non-hydrogen) atoms. The van der Waals surface area contributed by atoms with Gasteiger partial charge in [0.2, 0.25) is 0 Å². The molecule has 0 radical (unpaired) electrons. The zero-order valence-electron chi connectivity index (χ0n) is 9.68. The van der Waals surface area contributed by atoms with Gasteiger partial charge in [0.25, 0.3) is 0 Å². The van der Waals surface area contributed by atoms with E-state index >= 15 is 0 Å². The number of carbonyl (C=O) groups is 1. The number of aromatic carboxylic acids is 1. The molecule has 0 aliphatic heterocycles. The van der Waals surface area contributed by atoms with Crippen LogP contribution < -0.4 is 0 Å². The summed E-state index contributed by atoms with van der Waals surface area (Å²) in [6.07, 6.45) is 4.51. The summed E-state index contributed by atoms with van der Waals surface area (Å²) in [6, 6.07) is 0. The molecule has 0 bridgehead atoms. The van der Waals surface area contributed by atoms with E-state index in [2.05, 4.69) is 11.9 Å². The topological polar surface area (TPSA) is 53.1 Å². The molecular formula is C12H19NO2. The predicted molar refractivity (Wildman–Crippen MR) is 60.5 cm³/mol. The first kappa shape index (κ1) is 11.8. The van der Waals surface area contributed by atoms with Crippen LogP contribution in [0.4, 0.5) is 0 Å². The maximum absolute atomic E-state index is 10.9. The summed E-state index contributed by atoms with van der Waals surface area (Å²) >= 11 is 0. The molecule has 0 spiro atoms. The van der Waals surface area contributed by atoms with E-state index in [1.807, 2.05) is 13.8 Å². The lowest BCUT2D eigenvalue weighted by atomic mass is 10.0. The SMILES string of the molecule is CCCCCc1c(C)[nH]c(C(=O)O)c1C. The summed E-state index contributed by atoms with van der Waals surface area (Å²) in [5.74, 6) is -0.864. The summed E-state index contributed by atoms with van der Waals surface area (Å²) in [4.78, 5) is 13.8. The molecule has 3 nitrogen and oxygen atoms in total. The Balaban J connectivity index is 2.83. The number of aryl methyl sites for hydroxylation is 1. The van der Waals surface area contributed by atoms with Crippen molar-refractivity contribution in [2.24, 2.45) is 0 Å². The number of carboxylic acid groups (broad SMARTS) is 1. The van der Waals surface area contributed by atoms with Gasteiger partial charge in [-0.2, -0.15) is 0 Å². The maximum atomic E-state index is 10.9. The van der Waals surface area contributed by atoms with Crippen molar-refractivity contribution >= 4 is 5.97 Å². The average molecular weight is 209 g/mol. The monoisotopic (exact) mass is 209 g/mol. The van der Waals surface area contributed by atoms with E-state index in [0.717, 1.165) is 24.1 Å². The van der Waals surface area contributed by atoms with Crippen molar-refractivity contribution in [1.29, 1.82) is 0 Å². The van der Waals surface area contributed by atoms with Crippen LogP contribution >= 0.6 is 0 Å². The predicted octanol–water partition coefficient (Wildman–Crippen LogP) is 3.06. The van der Waals surface area contributed by atoms with E-state index in [9.17, 15) is 4.79 Å². The van der Waals surface area contributed by atoms with Gasteiger partial charge in [-0.1, -0.05) is 19.8 Å². The normalized spacial score (nSPS) is 10.6. The molecule has 1 aromatic heterocycles. The Bertz CT molecular complexity index is 353. The summed E-state index contributed by atoms with van der Waals surface area (Å²) < 4.78 is 0. The van der Waals surface area contributed by atoms with Crippen LogP contribution in [0.15, 0.2) is 0 Å². The second-order valence-electron chi connectivity index (χ2n) is 3.99. The van der Waals surface area contributed by atoms with Crippen LogP contribution in [0.5, 0.6) is 0 Å². The average Bonchev–Trinajstić information content (AvgIpc) is 2.45. The van der Waals surface area contributed by atoms with Gasteiger partial charge >= 0.3 is 5.97 Å². The number of aromatic nitrogens is 1. The highest BCUT2D eigenvalue weighted by Gasteiger charge is 2.15. The van der Waals surface area contributed by atoms with Gasteiger partial charge in [0.15, 0.2) is 0 Å². The zero-order chi connectivity index (χ0) is 11.4. The Hall–Kier alpha value is -1.25. The van der Waals surface area contributed by atoms with Crippen molar-refractivity contribution in [2.75, 3.05) is 0 Å². The Morgan fingerprint density at radius 1 is 1.33 bits per heavy atom. The van der Waals surface area contributed by atoms with Crippen molar-refractivity contribution in [3.63, 3.8) is 0 Å². The summed E-state index contributed by atoms with van der Waals surface area (Å²) in [5.41, 5.74) is 3.43. The molecule has 1 heterocycles. The van der Waals surface area contributed by atoms with Gasteiger partial charge in [0, 0.05) is 5.69 Å². The van der Waals surface area contributed by atoms with Gasteiger partial charge in [0.1, 0.15) is 5.69 Å². The molecule has 0 aliphatic rings. The fraction of sp³-hybridized carbons (Fsp3) is 0.583. The third-order valence-electron chi connectivity index (χ3n) is 2.84. The van der Waals surface area contributed by atoms with Crippen molar-refractivity contribution < 1.29 is 9.90 Å². The van der Waals surface area contributed by atoms with Crippen LogP contribution in [-0.4, -0.2) is 16.1 Å². The fourth-order valence-corrected chi connectivity index (χ4v) is 1.93. The first-order valence-corrected chi connectivity index (χ1v) is 5.49. The fourth-order valence-electron chi connectivity index (χ4n) is 1.93.